The fourth-order valence-corrected chi connectivity index (χ4v) is 1.92. The van der Waals surface area contributed by atoms with Gasteiger partial charge in [-0.1, -0.05) is 0 Å². The number of likely N-dealkylation sites (tertiary alicyclic amines) is 1. The zero-order valence-corrected chi connectivity index (χ0v) is 10.0. The normalized spacial score (nSPS) is 23.9. The second-order valence-corrected chi connectivity index (χ2v) is 5.19. The van der Waals surface area contributed by atoms with E-state index in [-0.39, 0.29) is 11.4 Å². The highest BCUT2D eigenvalue weighted by molar-refractivity contribution is 5.73. The highest BCUT2D eigenvalue weighted by Crippen LogP contribution is 2.22. The molecule has 0 radical (unpaired) electrons. The Morgan fingerprint density at radius 3 is 2.36 bits per heavy atom. The molecule has 1 rings (SSSR count). The minimum absolute atomic E-state index is 0.172. The van der Waals surface area contributed by atoms with Crippen molar-refractivity contribution in [2.24, 2.45) is 0 Å². The van der Waals surface area contributed by atoms with Crippen LogP contribution in [0.2, 0.25) is 0 Å². The third-order valence-electron chi connectivity index (χ3n) is 3.16. The quantitative estimate of drug-likeness (QED) is 0.635. The third-order valence-corrected chi connectivity index (χ3v) is 3.16. The van der Waals surface area contributed by atoms with Crippen LogP contribution in [0.25, 0.3) is 0 Å². The summed E-state index contributed by atoms with van der Waals surface area (Å²) in [4.78, 5) is 15.5. The number of hydrogen-bond donors (Lipinski definition) is 0. The van der Waals surface area contributed by atoms with Crippen molar-refractivity contribution in [3.8, 4) is 0 Å². The lowest BCUT2D eigenvalue weighted by Gasteiger charge is -2.32. The number of rotatable bonds is 1. The van der Waals surface area contributed by atoms with Crippen molar-refractivity contribution < 1.29 is 4.79 Å². The van der Waals surface area contributed by atoms with Gasteiger partial charge in [0, 0.05) is 38.6 Å². The van der Waals surface area contributed by atoms with Crippen molar-refractivity contribution in [1.82, 2.24) is 9.80 Å². The van der Waals surface area contributed by atoms with E-state index in [0.29, 0.717) is 6.04 Å². The van der Waals surface area contributed by atoms with Gasteiger partial charge in [-0.3, -0.25) is 9.69 Å². The first kappa shape index (κ1) is 11.5. The van der Waals surface area contributed by atoms with Crippen LogP contribution < -0.4 is 0 Å². The SMILES string of the molecule is CC(=O)N(C)C1CCN(C(C)(C)C)C1. The lowest BCUT2D eigenvalue weighted by Crippen LogP contribution is -2.43. The van der Waals surface area contributed by atoms with Gasteiger partial charge >= 0.3 is 0 Å². The van der Waals surface area contributed by atoms with Crippen LogP contribution in [0.1, 0.15) is 34.1 Å². The molecular formula is C11H22N2O. The van der Waals surface area contributed by atoms with Gasteiger partial charge in [0.1, 0.15) is 0 Å². The molecule has 0 bridgehead atoms. The Balaban J connectivity index is 2.53. The first-order chi connectivity index (χ1) is 6.32. The van der Waals surface area contributed by atoms with Crippen LogP contribution in [0.5, 0.6) is 0 Å². The Labute approximate surface area is 87.1 Å². The van der Waals surface area contributed by atoms with Crippen molar-refractivity contribution in [2.75, 3.05) is 20.1 Å². The molecule has 3 heteroatoms. The third kappa shape index (κ3) is 2.47. The molecule has 0 spiro atoms. The van der Waals surface area contributed by atoms with E-state index >= 15 is 0 Å². The maximum Gasteiger partial charge on any atom is 0.219 e. The zero-order valence-electron chi connectivity index (χ0n) is 10.0. The summed E-state index contributed by atoms with van der Waals surface area (Å²) in [6, 6.07) is 0.409. The molecule has 1 amide bonds. The molecular weight excluding hydrogens is 176 g/mol. The molecule has 1 saturated heterocycles. The van der Waals surface area contributed by atoms with E-state index in [1.165, 1.54) is 0 Å². The summed E-state index contributed by atoms with van der Waals surface area (Å²) in [5.74, 6) is 0.172. The highest BCUT2D eigenvalue weighted by atomic mass is 16.2. The zero-order chi connectivity index (χ0) is 10.9. The van der Waals surface area contributed by atoms with Crippen molar-refractivity contribution >= 4 is 5.91 Å². The second-order valence-electron chi connectivity index (χ2n) is 5.19. The van der Waals surface area contributed by atoms with Crippen molar-refractivity contribution in [3.05, 3.63) is 0 Å². The van der Waals surface area contributed by atoms with Crippen LogP contribution in [0, 0.1) is 0 Å². The van der Waals surface area contributed by atoms with Crippen molar-refractivity contribution in [1.29, 1.82) is 0 Å². The summed E-state index contributed by atoms with van der Waals surface area (Å²) in [6.45, 7) is 10.4. The standard InChI is InChI=1S/C11H22N2O/c1-9(14)12(5)10-6-7-13(8-10)11(2,3)4/h10H,6-8H2,1-5H3. The van der Waals surface area contributed by atoms with Gasteiger partial charge in [0.05, 0.1) is 0 Å². The predicted octanol–water partition coefficient (Wildman–Crippen LogP) is 1.34. The van der Waals surface area contributed by atoms with Crippen LogP contribution in [-0.4, -0.2) is 47.4 Å². The summed E-state index contributed by atoms with van der Waals surface area (Å²) >= 11 is 0. The predicted molar refractivity (Wildman–Crippen MR) is 58.2 cm³/mol. The van der Waals surface area contributed by atoms with Gasteiger partial charge in [-0.25, -0.2) is 0 Å². The molecule has 0 N–H and O–H groups in total. The molecule has 0 aromatic heterocycles. The first-order valence-corrected chi connectivity index (χ1v) is 5.31. The molecule has 1 unspecified atom stereocenters. The summed E-state index contributed by atoms with van der Waals surface area (Å²) in [5.41, 5.74) is 0.229. The summed E-state index contributed by atoms with van der Waals surface area (Å²) in [7, 11) is 1.90. The topological polar surface area (TPSA) is 23.6 Å². The van der Waals surface area contributed by atoms with E-state index in [4.69, 9.17) is 0 Å². The molecule has 1 atom stereocenters. The van der Waals surface area contributed by atoms with Gasteiger partial charge in [-0.2, -0.15) is 0 Å². The molecule has 1 heterocycles. The number of hydrogen-bond acceptors (Lipinski definition) is 2. The summed E-state index contributed by atoms with van der Waals surface area (Å²) in [5, 5.41) is 0. The van der Waals surface area contributed by atoms with E-state index in [1.54, 1.807) is 6.92 Å². The first-order valence-electron chi connectivity index (χ1n) is 5.31. The van der Waals surface area contributed by atoms with Gasteiger partial charge in [-0.05, 0) is 27.2 Å². The minimum Gasteiger partial charge on any atom is -0.342 e. The van der Waals surface area contributed by atoms with Gasteiger partial charge < -0.3 is 4.90 Å². The lowest BCUT2D eigenvalue weighted by atomic mass is 10.1. The van der Waals surface area contributed by atoms with Crippen molar-refractivity contribution in [3.63, 3.8) is 0 Å². The Hall–Kier alpha value is -0.570. The summed E-state index contributed by atoms with van der Waals surface area (Å²) in [6.07, 6.45) is 1.10. The van der Waals surface area contributed by atoms with E-state index in [0.717, 1.165) is 19.5 Å². The molecule has 0 aromatic rings. The molecule has 0 aliphatic carbocycles. The maximum atomic E-state index is 11.2. The number of nitrogens with zero attached hydrogens (tertiary/aromatic N) is 2. The van der Waals surface area contributed by atoms with Crippen LogP contribution in [0.15, 0.2) is 0 Å². The van der Waals surface area contributed by atoms with E-state index < -0.39 is 0 Å². The second kappa shape index (κ2) is 3.89. The molecule has 14 heavy (non-hydrogen) atoms. The number of likely N-dealkylation sites (N-methyl/N-ethyl adjacent to an activating group) is 1. The maximum absolute atomic E-state index is 11.2. The largest absolute Gasteiger partial charge is 0.342 e. The Morgan fingerprint density at radius 1 is 1.43 bits per heavy atom. The van der Waals surface area contributed by atoms with Gasteiger partial charge in [0.25, 0.3) is 0 Å². The fourth-order valence-electron chi connectivity index (χ4n) is 1.92. The molecule has 1 fully saturated rings. The van der Waals surface area contributed by atoms with Gasteiger partial charge in [0.2, 0.25) is 5.91 Å². The van der Waals surface area contributed by atoms with E-state index in [9.17, 15) is 4.79 Å². The molecule has 0 saturated carbocycles. The van der Waals surface area contributed by atoms with Gasteiger partial charge in [-0.15, -0.1) is 0 Å². The highest BCUT2D eigenvalue weighted by Gasteiger charge is 2.32. The Bertz CT molecular complexity index is 220. The smallest absolute Gasteiger partial charge is 0.219 e. The van der Waals surface area contributed by atoms with Crippen LogP contribution in [-0.2, 0) is 4.79 Å². The fraction of sp³-hybridized carbons (Fsp3) is 0.909. The average Bonchev–Trinajstić information content (AvgIpc) is 2.49. The number of carbonyl (C=O) groups is 1. The van der Waals surface area contributed by atoms with Crippen molar-refractivity contribution in [2.45, 2.75) is 45.7 Å². The Morgan fingerprint density at radius 2 is 2.00 bits per heavy atom. The molecule has 82 valence electrons. The monoisotopic (exact) mass is 198 g/mol. The summed E-state index contributed by atoms with van der Waals surface area (Å²) < 4.78 is 0. The molecule has 1 aliphatic rings. The lowest BCUT2D eigenvalue weighted by molar-refractivity contribution is -0.129. The molecule has 0 aromatic carbocycles. The number of carbonyl (C=O) groups excluding carboxylic acids is 1. The van der Waals surface area contributed by atoms with Crippen LogP contribution in [0.3, 0.4) is 0 Å². The van der Waals surface area contributed by atoms with E-state index in [1.807, 2.05) is 11.9 Å². The van der Waals surface area contributed by atoms with Crippen LogP contribution in [0.4, 0.5) is 0 Å². The molecule has 1 aliphatic heterocycles. The van der Waals surface area contributed by atoms with Crippen LogP contribution >= 0.6 is 0 Å². The Kier molecular flexibility index (Phi) is 3.20. The molecule has 3 nitrogen and oxygen atoms in total. The average molecular weight is 198 g/mol. The minimum atomic E-state index is 0.172. The van der Waals surface area contributed by atoms with E-state index in [2.05, 4.69) is 25.7 Å². The van der Waals surface area contributed by atoms with Gasteiger partial charge in [0.15, 0.2) is 0 Å². The number of amides is 1.